The lowest BCUT2D eigenvalue weighted by molar-refractivity contribution is 0.669. The van der Waals surface area contributed by atoms with Gasteiger partial charge >= 0.3 is 0 Å². The first-order valence-electron chi connectivity index (χ1n) is 18.5. The fourth-order valence-electron chi connectivity index (χ4n) is 7.59. The number of hydrogen-bond acceptors (Lipinski definition) is 3. The molecule has 0 aliphatic carbocycles. The summed E-state index contributed by atoms with van der Waals surface area (Å²) in [4.78, 5) is 5.22. The number of rotatable bonds is 8. The largest absolute Gasteiger partial charge is 0.456 e. The predicted octanol–water partition coefficient (Wildman–Crippen LogP) is 2.61. The van der Waals surface area contributed by atoms with E-state index in [-0.39, 0.29) is 0 Å². The summed E-state index contributed by atoms with van der Waals surface area (Å²) in [5, 5.41) is 14.5. The van der Waals surface area contributed by atoms with Crippen molar-refractivity contribution in [1.29, 1.82) is 5.41 Å². The normalized spacial score (nSPS) is 12.0. The van der Waals surface area contributed by atoms with Crippen LogP contribution in [0, 0.1) is 5.41 Å². The van der Waals surface area contributed by atoms with Crippen LogP contribution in [0.15, 0.2) is 155 Å². The van der Waals surface area contributed by atoms with Crippen molar-refractivity contribution in [2.75, 3.05) is 0 Å². The van der Waals surface area contributed by atoms with Gasteiger partial charge < -0.3 is 9.73 Å². The van der Waals surface area contributed by atoms with Crippen molar-refractivity contribution in [3.8, 4) is 33.4 Å². The summed E-state index contributed by atoms with van der Waals surface area (Å²) in [5.74, 6) is 0.333. The van der Waals surface area contributed by atoms with Crippen molar-refractivity contribution < 1.29 is 4.42 Å². The molecule has 1 heterocycles. The molecule has 0 fully saturated rings. The van der Waals surface area contributed by atoms with Gasteiger partial charge in [0.1, 0.15) is 62.4 Å². The van der Waals surface area contributed by atoms with E-state index in [2.05, 4.69) is 142 Å². The summed E-state index contributed by atoms with van der Waals surface area (Å²) in [6, 6.07) is 50.4. The molecule has 2 N–H and O–H groups in total. The maximum atomic E-state index is 9.01. The zero-order valence-electron chi connectivity index (χ0n) is 31.4. The fraction of sp³-hybridized carbons (Fsp3) is 0.0222. The van der Waals surface area contributed by atoms with Gasteiger partial charge in [-0.25, -0.2) is 0 Å². The molecule has 0 spiro atoms. The number of furan rings is 1. The molecule has 7 aromatic carbocycles. The highest BCUT2D eigenvalue weighted by molar-refractivity contribution is 6.67. The van der Waals surface area contributed by atoms with E-state index < -0.39 is 6.17 Å². The first kappa shape index (κ1) is 34.9. The number of benzene rings is 7. The van der Waals surface area contributed by atoms with Crippen LogP contribution in [0.5, 0.6) is 0 Å². The van der Waals surface area contributed by atoms with Crippen molar-refractivity contribution in [1.82, 2.24) is 5.32 Å². The van der Waals surface area contributed by atoms with E-state index in [0.29, 0.717) is 5.84 Å². The van der Waals surface area contributed by atoms with Crippen molar-refractivity contribution >= 4 is 101 Å². The Morgan fingerprint density at radius 3 is 1.63 bits per heavy atom. The highest BCUT2D eigenvalue weighted by atomic mass is 16.3. The van der Waals surface area contributed by atoms with Crippen LogP contribution in [-0.2, 0) is 0 Å². The Balaban J connectivity index is 1.14. The molecule has 0 saturated carbocycles. The maximum Gasteiger partial charge on any atom is 0.144 e. The molecule has 54 heavy (non-hydrogen) atoms. The topological polar surface area (TPSA) is 61.4 Å². The van der Waals surface area contributed by atoms with Gasteiger partial charge in [0.2, 0.25) is 0 Å². The molecular formula is C45H38B5N3O. The second-order valence-electron chi connectivity index (χ2n) is 14.2. The highest BCUT2D eigenvalue weighted by Crippen LogP contribution is 2.35. The van der Waals surface area contributed by atoms with Gasteiger partial charge in [-0.2, -0.15) is 0 Å². The Hall–Kier alpha value is -6.20. The summed E-state index contributed by atoms with van der Waals surface area (Å²) in [5.41, 5.74) is 17.8. The van der Waals surface area contributed by atoms with Crippen LogP contribution >= 0.6 is 0 Å². The Morgan fingerprint density at radius 1 is 0.537 bits per heavy atom. The van der Waals surface area contributed by atoms with E-state index in [4.69, 9.17) is 14.8 Å². The van der Waals surface area contributed by atoms with E-state index in [1.165, 1.54) is 49.6 Å². The summed E-state index contributed by atoms with van der Waals surface area (Å²) in [7, 11) is 10.9. The Bertz CT molecular complexity index is 2660. The molecule has 0 bridgehead atoms. The molecule has 0 amide bonds. The monoisotopic (exact) mass is 691 g/mol. The average Bonchev–Trinajstić information content (AvgIpc) is 3.61. The molecule has 1 unspecified atom stereocenters. The van der Waals surface area contributed by atoms with Gasteiger partial charge in [-0.15, -0.1) is 16.4 Å². The minimum atomic E-state index is -0.465. The van der Waals surface area contributed by atoms with Crippen LogP contribution in [0.3, 0.4) is 0 Å². The molecule has 8 rings (SSSR count). The summed E-state index contributed by atoms with van der Waals surface area (Å²) in [6.07, 6.45) is 1.48. The summed E-state index contributed by atoms with van der Waals surface area (Å²) >= 11 is 0. The number of nitrogens with zero attached hydrogens (tertiary/aromatic N) is 1. The van der Waals surface area contributed by atoms with Crippen LogP contribution < -0.4 is 32.6 Å². The highest BCUT2D eigenvalue weighted by Gasteiger charge is 2.21. The maximum absolute atomic E-state index is 9.01. The Kier molecular flexibility index (Phi) is 9.47. The van der Waals surface area contributed by atoms with E-state index >= 15 is 0 Å². The van der Waals surface area contributed by atoms with Gasteiger partial charge in [-0.3, -0.25) is 10.4 Å². The standard InChI is InChI=1S/C45H38B5N3O/c46-39-38(40(47)42(49)43(50)41(39)48)45(53-44(51)31-10-5-2-6-11-31)52-25-33-12-7-13-36-37(33)34-24-32(22-23-35(34)54-36)30-20-18-29(19-21-30)28-16-14-27(15-17-28)26-8-3-1-4-9-26/h1-25,45H,46-50H2,(H2,51,53)/b52-25+. The molecule has 0 saturated heterocycles. The van der Waals surface area contributed by atoms with E-state index in [0.717, 1.165) is 49.8 Å². The van der Waals surface area contributed by atoms with Crippen molar-refractivity contribution in [2.45, 2.75) is 6.17 Å². The Morgan fingerprint density at radius 2 is 1.04 bits per heavy atom. The van der Waals surface area contributed by atoms with E-state index in [1.807, 2.05) is 54.7 Å². The molecule has 4 nitrogen and oxygen atoms in total. The third kappa shape index (κ3) is 6.63. The summed E-state index contributed by atoms with van der Waals surface area (Å²) in [6.45, 7) is 0. The number of nitrogens with one attached hydrogen (secondary N) is 2. The number of hydrogen-bond donors (Lipinski definition) is 2. The van der Waals surface area contributed by atoms with Crippen LogP contribution in [-0.4, -0.2) is 51.3 Å². The number of fused-ring (bicyclic) bond motifs is 3. The van der Waals surface area contributed by atoms with Crippen molar-refractivity contribution in [3.63, 3.8) is 0 Å². The third-order valence-electron chi connectivity index (χ3n) is 11.1. The van der Waals surface area contributed by atoms with E-state index in [1.54, 1.807) is 0 Å². The first-order valence-corrected chi connectivity index (χ1v) is 18.5. The van der Waals surface area contributed by atoms with Crippen LogP contribution in [0.25, 0.3) is 55.3 Å². The third-order valence-corrected chi connectivity index (χ3v) is 11.1. The zero-order chi connectivity index (χ0) is 37.3. The number of amidine groups is 1. The fourth-order valence-corrected chi connectivity index (χ4v) is 7.59. The zero-order valence-corrected chi connectivity index (χ0v) is 31.4. The minimum Gasteiger partial charge on any atom is -0.456 e. The second kappa shape index (κ2) is 14.7. The SMILES string of the molecule is Bc1c(B)c(B)c(C(/N=C/c2cccc3oc4ccc(-c5ccc(-c6ccc(-c7ccccc7)cc6)cc5)cc4c23)NC(=N)c2ccccc2)c(B)c1B. The molecule has 0 aliphatic rings. The van der Waals surface area contributed by atoms with Gasteiger partial charge in [-0.05, 0) is 57.1 Å². The molecule has 254 valence electrons. The lowest BCUT2D eigenvalue weighted by atomic mass is 9.60. The lowest BCUT2D eigenvalue weighted by Crippen LogP contribution is -2.57. The quantitative estimate of drug-likeness (QED) is 0.147. The van der Waals surface area contributed by atoms with Gasteiger partial charge in [-0.1, -0.05) is 138 Å². The smallest absolute Gasteiger partial charge is 0.144 e. The van der Waals surface area contributed by atoms with Crippen molar-refractivity contribution in [2.24, 2.45) is 4.99 Å². The molecule has 8 aromatic rings. The van der Waals surface area contributed by atoms with Crippen LogP contribution in [0.2, 0.25) is 0 Å². The van der Waals surface area contributed by atoms with Gasteiger partial charge in [0.25, 0.3) is 0 Å². The summed E-state index contributed by atoms with van der Waals surface area (Å²) < 4.78 is 6.39. The van der Waals surface area contributed by atoms with Gasteiger partial charge in [0.05, 0.1) is 0 Å². The number of aliphatic imine (C=N–C) groups is 1. The average molecular weight is 691 g/mol. The first-order chi connectivity index (χ1) is 26.3. The molecule has 0 radical (unpaired) electrons. The van der Waals surface area contributed by atoms with Crippen molar-refractivity contribution in [3.05, 3.63) is 162 Å². The predicted molar refractivity (Wildman–Crippen MR) is 244 cm³/mol. The Labute approximate surface area is 321 Å². The van der Waals surface area contributed by atoms with Gasteiger partial charge in [0.15, 0.2) is 0 Å². The second-order valence-corrected chi connectivity index (χ2v) is 14.2. The van der Waals surface area contributed by atoms with E-state index in [9.17, 15) is 0 Å². The van der Waals surface area contributed by atoms with Crippen LogP contribution in [0.1, 0.15) is 22.9 Å². The molecule has 0 aliphatic heterocycles. The van der Waals surface area contributed by atoms with Gasteiger partial charge in [0, 0.05) is 28.1 Å². The molecule has 1 aromatic heterocycles. The molecular weight excluding hydrogens is 653 g/mol. The molecule has 1 atom stereocenters. The molecule has 9 heteroatoms. The minimum absolute atomic E-state index is 0.333. The van der Waals surface area contributed by atoms with Crippen LogP contribution in [0.4, 0.5) is 0 Å². The lowest BCUT2D eigenvalue weighted by Gasteiger charge is -2.26.